The Bertz CT molecular complexity index is 641. The van der Waals surface area contributed by atoms with Crippen molar-refractivity contribution in [2.45, 2.75) is 38.8 Å². The van der Waals surface area contributed by atoms with Gasteiger partial charge in [0.15, 0.2) is 23.2 Å². The third-order valence-electron chi connectivity index (χ3n) is 3.09. The van der Waals surface area contributed by atoms with Crippen LogP contribution in [0, 0.1) is 6.08 Å². The van der Waals surface area contributed by atoms with Crippen LogP contribution in [0.5, 0.6) is 0 Å². The first-order valence-electron chi connectivity index (χ1n) is 6.81. The van der Waals surface area contributed by atoms with Crippen molar-refractivity contribution in [1.82, 2.24) is 19.5 Å². The Kier molecular flexibility index (Phi) is 5.81. The molecular weight excluding hydrogens is 411 g/mol. The molecule has 7 nitrogen and oxygen atoms in total. The Hall–Kier alpha value is -1.14. The van der Waals surface area contributed by atoms with Crippen molar-refractivity contribution in [3.8, 4) is 0 Å². The minimum absolute atomic E-state index is 0.0752. The molecule has 0 saturated carbocycles. The minimum Gasteiger partial charge on any atom is -0.394 e. The molecule has 22 heavy (non-hydrogen) atoms. The topological polar surface area (TPSA) is 85.1 Å². The number of halogens is 3. The number of hydrogen-bond acceptors (Lipinski definition) is 6. The second-order valence-corrected chi connectivity index (χ2v) is 4.88. The molecule has 2 N–H and O–H groups in total. The highest BCUT2D eigenvalue weighted by molar-refractivity contribution is 14.1. The predicted octanol–water partition coefficient (Wildman–Crippen LogP) is 2.37. The summed E-state index contributed by atoms with van der Waals surface area (Å²) < 4.78 is 36.7. The van der Waals surface area contributed by atoms with Crippen molar-refractivity contribution in [2.75, 3.05) is 10.1 Å². The van der Waals surface area contributed by atoms with Gasteiger partial charge in [0, 0.05) is 6.42 Å². The Balaban J connectivity index is 0.000000847. The van der Waals surface area contributed by atoms with E-state index in [1.165, 1.54) is 10.9 Å². The zero-order valence-corrected chi connectivity index (χ0v) is 14.2. The average molecular weight is 427 g/mol. The quantitative estimate of drug-likeness (QED) is 0.445. The summed E-state index contributed by atoms with van der Waals surface area (Å²) in [6.45, 7) is 3.73. The molecule has 3 atom stereocenters. The molecule has 0 bridgehead atoms. The van der Waals surface area contributed by atoms with Crippen molar-refractivity contribution in [3.05, 3.63) is 12.4 Å². The number of aliphatic hydroxyl groups excluding tert-OH is 1. The van der Waals surface area contributed by atoms with Gasteiger partial charge in [0.05, 0.1) is 41.9 Å². The van der Waals surface area contributed by atoms with Gasteiger partial charge in [0.25, 0.3) is 0 Å². The normalized spacial score (nSPS) is 24.2. The predicted molar refractivity (Wildman–Crippen MR) is 84.8 cm³/mol. The molecule has 1 saturated heterocycles. The van der Waals surface area contributed by atoms with Gasteiger partial charge in [-0.05, 0) is 0 Å². The first-order chi connectivity index (χ1) is 10.6. The Morgan fingerprint density at radius 1 is 1.50 bits per heavy atom. The molecule has 0 radical (unpaired) electrons. The fourth-order valence-electron chi connectivity index (χ4n) is 2.21. The maximum absolute atomic E-state index is 14.0. The number of fused-ring (bicyclic) bond motifs is 1. The van der Waals surface area contributed by atoms with E-state index in [0.717, 1.165) is 0 Å². The van der Waals surface area contributed by atoms with Crippen LogP contribution >= 0.6 is 22.9 Å². The van der Waals surface area contributed by atoms with E-state index in [-0.39, 0.29) is 24.5 Å². The molecule has 1 aliphatic heterocycles. The van der Waals surface area contributed by atoms with Crippen LogP contribution in [-0.2, 0) is 4.74 Å². The zero-order valence-electron chi connectivity index (χ0n) is 12.0. The second-order valence-electron chi connectivity index (χ2n) is 4.34. The number of nitrogens with one attached hydrogen (secondary N) is 1. The van der Waals surface area contributed by atoms with Crippen molar-refractivity contribution in [2.24, 2.45) is 0 Å². The summed E-state index contributed by atoms with van der Waals surface area (Å²) in [5, 5.41) is 9.03. The number of rotatable bonds is 3. The van der Waals surface area contributed by atoms with E-state index in [1.54, 1.807) is 22.9 Å². The smallest absolute Gasteiger partial charge is 0.312 e. The number of imidazole rings is 1. The van der Waals surface area contributed by atoms with Gasteiger partial charge in [-0.15, -0.1) is 0 Å². The van der Waals surface area contributed by atoms with Crippen molar-refractivity contribution in [3.63, 3.8) is 0 Å². The highest BCUT2D eigenvalue weighted by Gasteiger charge is 2.37. The first kappa shape index (κ1) is 17.2. The molecule has 0 amide bonds. The fraction of sp³-hybridized carbons (Fsp3) is 0.583. The summed E-state index contributed by atoms with van der Waals surface area (Å²) in [4.78, 5) is 11.3. The highest BCUT2D eigenvalue weighted by Crippen LogP contribution is 2.33. The number of alkyl halides is 1. The summed E-state index contributed by atoms with van der Waals surface area (Å²) in [7, 11) is 0. The standard InChI is InChI=1S/C10H10F2IN5O2.C2H6/c11-5-1-4(2-19)20-9(5)18-3-14-6-7(17-13)15-10(12)16-8(6)18;1-2/h3-5,9,19H,1-2H2,(H,15,16,17);1-2H3. The zero-order chi connectivity index (χ0) is 16.3. The summed E-state index contributed by atoms with van der Waals surface area (Å²) in [6, 6.07) is 0. The SMILES string of the molecule is CC.OCC1CC(F)C(n2cnc3c(NI)nc(F)nc32)O1. The van der Waals surface area contributed by atoms with Crippen LogP contribution in [0.2, 0.25) is 0 Å². The van der Waals surface area contributed by atoms with Crippen LogP contribution in [0.3, 0.4) is 0 Å². The lowest BCUT2D eigenvalue weighted by Gasteiger charge is -2.15. The van der Waals surface area contributed by atoms with Gasteiger partial charge >= 0.3 is 6.08 Å². The molecule has 0 aromatic carbocycles. The summed E-state index contributed by atoms with van der Waals surface area (Å²) in [6.07, 6.45) is -2.42. The second kappa shape index (κ2) is 7.42. The van der Waals surface area contributed by atoms with Crippen LogP contribution in [0.1, 0.15) is 26.5 Å². The van der Waals surface area contributed by atoms with Crippen LogP contribution in [-0.4, -0.2) is 43.5 Å². The number of nitrogens with zero attached hydrogens (tertiary/aromatic N) is 4. The van der Waals surface area contributed by atoms with E-state index >= 15 is 0 Å². The van der Waals surface area contributed by atoms with E-state index in [9.17, 15) is 8.78 Å². The summed E-state index contributed by atoms with van der Waals surface area (Å²) in [5.74, 6) is 0.207. The molecule has 10 heteroatoms. The van der Waals surface area contributed by atoms with E-state index < -0.39 is 24.6 Å². The lowest BCUT2D eigenvalue weighted by molar-refractivity contribution is -0.0351. The Labute approximate surface area is 139 Å². The Morgan fingerprint density at radius 2 is 2.23 bits per heavy atom. The van der Waals surface area contributed by atoms with Crippen LogP contribution < -0.4 is 3.53 Å². The van der Waals surface area contributed by atoms with Gasteiger partial charge in [-0.3, -0.25) is 4.57 Å². The van der Waals surface area contributed by atoms with Crippen LogP contribution in [0.25, 0.3) is 11.2 Å². The van der Waals surface area contributed by atoms with E-state index in [4.69, 9.17) is 9.84 Å². The lowest BCUT2D eigenvalue weighted by Crippen LogP contribution is -2.17. The largest absolute Gasteiger partial charge is 0.394 e. The molecule has 2 aromatic heterocycles. The van der Waals surface area contributed by atoms with E-state index in [0.29, 0.717) is 5.52 Å². The molecule has 2 aromatic rings. The maximum Gasteiger partial charge on any atom is 0.312 e. The number of aromatic nitrogens is 4. The third kappa shape index (κ3) is 3.13. The molecule has 3 unspecified atom stereocenters. The van der Waals surface area contributed by atoms with Gasteiger partial charge in [0.2, 0.25) is 0 Å². The van der Waals surface area contributed by atoms with Crippen LogP contribution in [0.15, 0.2) is 6.33 Å². The molecule has 3 heterocycles. The lowest BCUT2D eigenvalue weighted by atomic mass is 10.2. The van der Waals surface area contributed by atoms with Gasteiger partial charge in [0.1, 0.15) is 6.17 Å². The number of anilines is 1. The fourth-order valence-corrected chi connectivity index (χ4v) is 2.58. The maximum atomic E-state index is 14.0. The third-order valence-corrected chi connectivity index (χ3v) is 3.60. The molecule has 1 aliphatic rings. The van der Waals surface area contributed by atoms with Crippen LogP contribution in [0.4, 0.5) is 14.6 Å². The summed E-state index contributed by atoms with van der Waals surface area (Å²) >= 11 is 1.79. The highest BCUT2D eigenvalue weighted by atomic mass is 127. The van der Waals surface area contributed by atoms with Crippen molar-refractivity contribution < 1.29 is 18.6 Å². The molecular formula is C12H16F2IN5O2. The number of aliphatic hydroxyl groups is 1. The van der Waals surface area contributed by atoms with Crippen molar-refractivity contribution in [1.29, 1.82) is 0 Å². The molecule has 3 rings (SSSR count). The van der Waals surface area contributed by atoms with E-state index in [2.05, 4.69) is 18.5 Å². The number of hydrogen-bond donors (Lipinski definition) is 2. The summed E-state index contributed by atoms with van der Waals surface area (Å²) in [5.41, 5.74) is 0.465. The molecule has 0 spiro atoms. The van der Waals surface area contributed by atoms with Gasteiger partial charge < -0.3 is 13.4 Å². The van der Waals surface area contributed by atoms with Gasteiger partial charge in [-0.25, -0.2) is 9.37 Å². The molecule has 0 aliphatic carbocycles. The molecule has 1 fully saturated rings. The number of ether oxygens (including phenoxy) is 1. The minimum atomic E-state index is -1.32. The Morgan fingerprint density at radius 3 is 2.82 bits per heavy atom. The molecule has 122 valence electrons. The monoisotopic (exact) mass is 427 g/mol. The average Bonchev–Trinajstić information content (AvgIpc) is 3.11. The van der Waals surface area contributed by atoms with E-state index in [1.807, 2.05) is 13.8 Å². The van der Waals surface area contributed by atoms with Gasteiger partial charge in [-0.1, -0.05) is 13.8 Å². The first-order valence-corrected chi connectivity index (χ1v) is 7.89. The van der Waals surface area contributed by atoms with Gasteiger partial charge in [-0.2, -0.15) is 14.4 Å². The van der Waals surface area contributed by atoms with Crippen molar-refractivity contribution >= 4 is 39.8 Å².